The van der Waals surface area contributed by atoms with E-state index in [-0.39, 0.29) is 31.1 Å². The standard InChI is InChI=1S/C60H106O6/c1-4-7-10-13-16-19-22-25-28-31-34-37-40-43-46-49-52-58(61)64-55-57(66-60(63)54-51-48-45-42-39-36-33-30-27-24-21-18-15-12-9-6-3)56-65-59(62)53-50-47-44-41-38-35-32-29-26-23-20-17-14-11-8-5-2/h7,10,16,19,25,28-30,32-33,57H,4-6,8-9,11-15,17-18,20-24,26-27,31,34-56H2,1-3H3/b10-7-,19-16-,28-25-,32-29-,33-30-. The Kier molecular flexibility index (Phi) is 52.3. The summed E-state index contributed by atoms with van der Waals surface area (Å²) in [6.45, 7) is 6.52. The van der Waals surface area contributed by atoms with E-state index < -0.39 is 6.10 Å². The number of hydrogen-bond acceptors (Lipinski definition) is 6. The molecule has 0 aromatic carbocycles. The molecule has 0 fully saturated rings. The second kappa shape index (κ2) is 54.7. The van der Waals surface area contributed by atoms with Gasteiger partial charge in [-0.2, -0.15) is 0 Å². The van der Waals surface area contributed by atoms with Gasteiger partial charge in [-0.25, -0.2) is 0 Å². The van der Waals surface area contributed by atoms with E-state index in [0.29, 0.717) is 19.3 Å². The molecule has 0 saturated heterocycles. The van der Waals surface area contributed by atoms with Crippen molar-refractivity contribution in [2.45, 2.75) is 290 Å². The minimum Gasteiger partial charge on any atom is -0.462 e. The molecule has 0 bridgehead atoms. The minimum atomic E-state index is -0.787. The van der Waals surface area contributed by atoms with Crippen molar-refractivity contribution in [3.8, 4) is 0 Å². The van der Waals surface area contributed by atoms with E-state index in [1.54, 1.807) is 0 Å². The van der Waals surface area contributed by atoms with Crippen molar-refractivity contribution in [3.05, 3.63) is 60.8 Å². The van der Waals surface area contributed by atoms with Crippen LogP contribution in [0.1, 0.15) is 284 Å². The zero-order valence-corrected chi connectivity index (χ0v) is 43.7. The average molecular weight is 924 g/mol. The Morgan fingerprint density at radius 2 is 0.591 bits per heavy atom. The van der Waals surface area contributed by atoms with E-state index in [9.17, 15) is 14.4 Å². The molecular formula is C60H106O6. The predicted octanol–water partition coefficient (Wildman–Crippen LogP) is 18.8. The van der Waals surface area contributed by atoms with E-state index in [1.807, 2.05) is 0 Å². The number of allylic oxidation sites excluding steroid dienone is 10. The molecule has 382 valence electrons. The van der Waals surface area contributed by atoms with E-state index in [1.165, 1.54) is 141 Å². The van der Waals surface area contributed by atoms with Gasteiger partial charge >= 0.3 is 17.9 Å². The number of rotatable bonds is 51. The summed E-state index contributed by atoms with van der Waals surface area (Å²) in [5.41, 5.74) is 0. The Bertz CT molecular complexity index is 1200. The van der Waals surface area contributed by atoms with E-state index in [0.717, 1.165) is 103 Å². The van der Waals surface area contributed by atoms with Gasteiger partial charge in [-0.1, -0.05) is 223 Å². The van der Waals surface area contributed by atoms with Crippen LogP contribution in [0.4, 0.5) is 0 Å². The largest absolute Gasteiger partial charge is 0.462 e. The number of hydrogen-bond donors (Lipinski definition) is 0. The maximum Gasteiger partial charge on any atom is 0.306 e. The molecule has 0 heterocycles. The van der Waals surface area contributed by atoms with Crippen molar-refractivity contribution in [2.24, 2.45) is 0 Å². The van der Waals surface area contributed by atoms with Gasteiger partial charge in [0.05, 0.1) is 0 Å². The molecule has 66 heavy (non-hydrogen) atoms. The predicted molar refractivity (Wildman–Crippen MR) is 284 cm³/mol. The lowest BCUT2D eigenvalue weighted by atomic mass is 10.1. The normalized spacial score (nSPS) is 12.5. The van der Waals surface area contributed by atoms with Gasteiger partial charge in [0.2, 0.25) is 0 Å². The second-order valence-electron chi connectivity index (χ2n) is 18.8. The van der Waals surface area contributed by atoms with Crippen molar-refractivity contribution >= 4 is 17.9 Å². The molecule has 0 amide bonds. The molecular weight excluding hydrogens is 817 g/mol. The van der Waals surface area contributed by atoms with Gasteiger partial charge in [0.1, 0.15) is 13.2 Å². The zero-order valence-electron chi connectivity index (χ0n) is 43.7. The molecule has 6 heteroatoms. The van der Waals surface area contributed by atoms with Gasteiger partial charge < -0.3 is 14.2 Å². The molecule has 1 unspecified atom stereocenters. The molecule has 0 aromatic heterocycles. The first-order valence-electron chi connectivity index (χ1n) is 28.3. The first-order valence-corrected chi connectivity index (χ1v) is 28.3. The topological polar surface area (TPSA) is 78.9 Å². The van der Waals surface area contributed by atoms with Crippen LogP contribution in [0, 0.1) is 0 Å². The molecule has 6 nitrogen and oxygen atoms in total. The summed E-state index contributed by atoms with van der Waals surface area (Å²) >= 11 is 0. The average Bonchev–Trinajstić information content (AvgIpc) is 3.31. The third-order valence-electron chi connectivity index (χ3n) is 12.2. The third kappa shape index (κ3) is 52.1. The monoisotopic (exact) mass is 923 g/mol. The third-order valence-corrected chi connectivity index (χ3v) is 12.2. The maximum absolute atomic E-state index is 12.8. The summed E-state index contributed by atoms with van der Waals surface area (Å²) in [5.74, 6) is -0.905. The highest BCUT2D eigenvalue weighted by Crippen LogP contribution is 2.15. The number of carbonyl (C=O) groups is 3. The van der Waals surface area contributed by atoms with Gasteiger partial charge in [-0.3, -0.25) is 14.4 Å². The summed E-state index contributed by atoms with van der Waals surface area (Å²) in [4.78, 5) is 38.1. The molecule has 0 aromatic rings. The fourth-order valence-electron chi connectivity index (χ4n) is 7.98. The lowest BCUT2D eigenvalue weighted by Gasteiger charge is -2.18. The van der Waals surface area contributed by atoms with Crippen LogP contribution in [0.15, 0.2) is 60.8 Å². The van der Waals surface area contributed by atoms with E-state index >= 15 is 0 Å². The van der Waals surface area contributed by atoms with Crippen molar-refractivity contribution in [1.82, 2.24) is 0 Å². The van der Waals surface area contributed by atoms with Crippen LogP contribution >= 0.6 is 0 Å². The molecule has 0 radical (unpaired) electrons. The Balaban J connectivity index is 4.41. The van der Waals surface area contributed by atoms with E-state index in [4.69, 9.17) is 14.2 Å². The summed E-state index contributed by atoms with van der Waals surface area (Å²) in [6.07, 6.45) is 67.8. The lowest BCUT2D eigenvalue weighted by molar-refractivity contribution is -0.167. The number of carbonyl (C=O) groups excluding carboxylic acids is 3. The smallest absolute Gasteiger partial charge is 0.306 e. The zero-order chi connectivity index (χ0) is 47.9. The number of unbranched alkanes of at least 4 members (excludes halogenated alkanes) is 30. The second-order valence-corrected chi connectivity index (χ2v) is 18.8. The molecule has 0 aliphatic carbocycles. The van der Waals surface area contributed by atoms with Crippen molar-refractivity contribution in [3.63, 3.8) is 0 Å². The highest BCUT2D eigenvalue weighted by atomic mass is 16.6. The first kappa shape index (κ1) is 63.1. The molecule has 1 atom stereocenters. The first-order chi connectivity index (χ1) is 32.5. The maximum atomic E-state index is 12.8. The lowest BCUT2D eigenvalue weighted by Crippen LogP contribution is -2.30. The minimum absolute atomic E-state index is 0.0853. The van der Waals surface area contributed by atoms with Crippen LogP contribution in [0.3, 0.4) is 0 Å². The summed E-state index contributed by atoms with van der Waals surface area (Å²) in [6, 6.07) is 0. The van der Waals surface area contributed by atoms with Crippen LogP contribution in [-0.4, -0.2) is 37.2 Å². The van der Waals surface area contributed by atoms with Gasteiger partial charge in [0.15, 0.2) is 6.10 Å². The van der Waals surface area contributed by atoms with Crippen molar-refractivity contribution in [1.29, 1.82) is 0 Å². The highest BCUT2D eigenvalue weighted by Gasteiger charge is 2.19. The Hall–Kier alpha value is -2.89. The van der Waals surface area contributed by atoms with Crippen LogP contribution in [0.25, 0.3) is 0 Å². The highest BCUT2D eigenvalue weighted by molar-refractivity contribution is 5.71. The summed E-state index contributed by atoms with van der Waals surface area (Å²) in [5, 5.41) is 0. The van der Waals surface area contributed by atoms with Gasteiger partial charge in [0.25, 0.3) is 0 Å². The van der Waals surface area contributed by atoms with Crippen molar-refractivity contribution in [2.75, 3.05) is 13.2 Å². The molecule has 0 rings (SSSR count). The van der Waals surface area contributed by atoms with Crippen LogP contribution in [0.2, 0.25) is 0 Å². The Morgan fingerprint density at radius 3 is 0.939 bits per heavy atom. The van der Waals surface area contributed by atoms with Gasteiger partial charge in [-0.15, -0.1) is 0 Å². The molecule has 0 saturated carbocycles. The van der Waals surface area contributed by atoms with Crippen LogP contribution in [-0.2, 0) is 28.6 Å². The molecule has 0 aliphatic heterocycles. The fourth-order valence-corrected chi connectivity index (χ4v) is 7.98. The molecule has 0 spiro atoms. The molecule has 0 aliphatic rings. The Morgan fingerprint density at radius 1 is 0.318 bits per heavy atom. The molecule has 0 N–H and O–H groups in total. The quantitative estimate of drug-likeness (QED) is 0.0262. The van der Waals surface area contributed by atoms with Gasteiger partial charge in [0, 0.05) is 19.3 Å². The van der Waals surface area contributed by atoms with E-state index in [2.05, 4.69) is 81.5 Å². The number of ether oxygens (including phenoxy) is 3. The van der Waals surface area contributed by atoms with Gasteiger partial charge in [-0.05, 0) is 103 Å². The van der Waals surface area contributed by atoms with Crippen LogP contribution in [0.5, 0.6) is 0 Å². The Labute approximate surface area is 409 Å². The van der Waals surface area contributed by atoms with Crippen molar-refractivity contribution < 1.29 is 28.6 Å². The number of esters is 3. The summed E-state index contributed by atoms with van der Waals surface area (Å²) in [7, 11) is 0. The fraction of sp³-hybridized carbons (Fsp3) is 0.783. The van der Waals surface area contributed by atoms with Crippen LogP contribution < -0.4 is 0 Å². The SMILES string of the molecule is CC/C=C\C/C=C\C/C=C\CCCCCCCCC(=O)OCC(COC(=O)CCCCCCC/C=C\CCCCCCCCC)OC(=O)CCCCCCC/C=C\CCCCCCCCC. The summed E-state index contributed by atoms with van der Waals surface area (Å²) < 4.78 is 16.8.